The molecule has 0 bridgehead atoms. The number of aryl methyl sites for hydroxylation is 2. The number of benzene rings is 1. The van der Waals surface area contributed by atoms with Gasteiger partial charge >= 0.3 is 5.97 Å². The fourth-order valence-corrected chi connectivity index (χ4v) is 4.35. The van der Waals surface area contributed by atoms with Gasteiger partial charge in [0, 0.05) is 30.3 Å². The number of likely N-dealkylation sites (tertiary alicyclic amines) is 1. The number of nitrogens with zero attached hydrogens (tertiary/aromatic N) is 2. The van der Waals surface area contributed by atoms with Crippen molar-refractivity contribution < 1.29 is 14.7 Å². The molecule has 1 aromatic heterocycles. The second-order valence-electron chi connectivity index (χ2n) is 7.35. The lowest BCUT2D eigenvalue weighted by atomic mass is 9.86. The maximum Gasteiger partial charge on any atom is 0.308 e. The number of rotatable bonds is 3. The third kappa shape index (κ3) is 2.79. The van der Waals surface area contributed by atoms with Crippen LogP contribution in [-0.4, -0.2) is 45.2 Å². The minimum atomic E-state index is -0.849. The Morgan fingerprint density at radius 2 is 1.96 bits per heavy atom. The monoisotopic (exact) mass is 353 g/mol. The minimum absolute atomic E-state index is 0.147. The molecule has 1 aromatic carbocycles. The van der Waals surface area contributed by atoms with Crippen LogP contribution < -0.4 is 0 Å². The molecule has 2 heterocycles. The van der Waals surface area contributed by atoms with Gasteiger partial charge in [-0.2, -0.15) is 5.10 Å². The van der Waals surface area contributed by atoms with Gasteiger partial charge in [0.1, 0.15) is 0 Å². The molecule has 26 heavy (non-hydrogen) atoms. The summed E-state index contributed by atoms with van der Waals surface area (Å²) in [6.45, 7) is 2.64. The predicted octanol–water partition coefficient (Wildman–Crippen LogP) is 2.54. The molecule has 1 fully saturated rings. The Morgan fingerprint density at radius 3 is 2.73 bits per heavy atom. The summed E-state index contributed by atoms with van der Waals surface area (Å²) in [6, 6.07) is 7.83. The first-order valence-corrected chi connectivity index (χ1v) is 9.20. The molecule has 2 atom stereocenters. The Kier molecular flexibility index (Phi) is 4.26. The van der Waals surface area contributed by atoms with Gasteiger partial charge in [-0.15, -0.1) is 0 Å². The third-order valence-electron chi connectivity index (χ3n) is 5.77. The number of aromatic nitrogens is 2. The van der Waals surface area contributed by atoms with E-state index in [-0.39, 0.29) is 18.4 Å². The van der Waals surface area contributed by atoms with Gasteiger partial charge in [-0.05, 0) is 43.7 Å². The second kappa shape index (κ2) is 6.59. The number of amides is 1. The smallest absolute Gasteiger partial charge is 0.308 e. The van der Waals surface area contributed by atoms with E-state index in [9.17, 15) is 14.7 Å². The molecule has 0 saturated carbocycles. The standard InChI is InChI=1S/C20H23N3O3/c1-12-6-2-3-7-13(12)15-10-23(11-16(15)20(25)26)19(24)18-14-8-4-5-9-17(14)21-22-18/h2-3,6-7,15-16H,4-5,8-11H2,1H3,(H,21,22)(H,25,26)/t15-,16+/m0/s1. The van der Waals surface area contributed by atoms with Crippen LogP contribution in [0.1, 0.15) is 51.6 Å². The summed E-state index contributed by atoms with van der Waals surface area (Å²) in [7, 11) is 0. The largest absolute Gasteiger partial charge is 0.481 e. The Balaban J connectivity index is 1.62. The molecule has 0 radical (unpaired) electrons. The van der Waals surface area contributed by atoms with Crippen molar-refractivity contribution in [3.8, 4) is 0 Å². The summed E-state index contributed by atoms with van der Waals surface area (Å²) in [4.78, 5) is 26.6. The van der Waals surface area contributed by atoms with Crippen LogP contribution in [0.15, 0.2) is 24.3 Å². The number of carbonyl (C=O) groups is 2. The highest BCUT2D eigenvalue weighted by Crippen LogP contribution is 2.35. The average Bonchev–Trinajstić information content (AvgIpc) is 3.26. The average molecular weight is 353 g/mol. The number of carboxylic acids is 1. The van der Waals surface area contributed by atoms with Crippen LogP contribution >= 0.6 is 0 Å². The number of nitrogens with one attached hydrogen (secondary N) is 1. The molecule has 4 rings (SSSR count). The van der Waals surface area contributed by atoms with E-state index >= 15 is 0 Å². The normalized spacial score (nSPS) is 22.3. The van der Waals surface area contributed by atoms with E-state index < -0.39 is 11.9 Å². The molecule has 136 valence electrons. The van der Waals surface area contributed by atoms with Crippen LogP contribution in [-0.2, 0) is 17.6 Å². The Labute approximate surface area is 152 Å². The summed E-state index contributed by atoms with van der Waals surface area (Å²) in [5.74, 6) is -1.77. The highest BCUT2D eigenvalue weighted by Gasteiger charge is 2.42. The van der Waals surface area contributed by atoms with Crippen molar-refractivity contribution in [1.29, 1.82) is 0 Å². The van der Waals surface area contributed by atoms with Gasteiger partial charge in [-0.1, -0.05) is 24.3 Å². The molecule has 6 heteroatoms. The summed E-state index contributed by atoms with van der Waals surface area (Å²) in [6.07, 6.45) is 3.98. The van der Waals surface area contributed by atoms with Crippen LogP contribution in [0.2, 0.25) is 0 Å². The van der Waals surface area contributed by atoms with Crippen molar-refractivity contribution >= 4 is 11.9 Å². The lowest BCUT2D eigenvalue weighted by molar-refractivity contribution is -0.141. The van der Waals surface area contributed by atoms with Crippen LogP contribution in [0.4, 0.5) is 0 Å². The van der Waals surface area contributed by atoms with E-state index in [1.54, 1.807) is 4.90 Å². The van der Waals surface area contributed by atoms with E-state index in [2.05, 4.69) is 10.2 Å². The molecule has 0 unspecified atom stereocenters. The van der Waals surface area contributed by atoms with Crippen LogP contribution in [0, 0.1) is 12.8 Å². The second-order valence-corrected chi connectivity index (χ2v) is 7.35. The van der Waals surface area contributed by atoms with Gasteiger partial charge in [-0.3, -0.25) is 14.7 Å². The summed E-state index contributed by atoms with van der Waals surface area (Å²) >= 11 is 0. The van der Waals surface area contributed by atoms with E-state index in [1.807, 2.05) is 31.2 Å². The van der Waals surface area contributed by atoms with Crippen molar-refractivity contribution in [1.82, 2.24) is 15.1 Å². The maximum atomic E-state index is 13.1. The zero-order valence-corrected chi connectivity index (χ0v) is 14.9. The molecule has 2 aliphatic rings. The van der Waals surface area contributed by atoms with Gasteiger partial charge < -0.3 is 10.0 Å². The van der Waals surface area contributed by atoms with Gasteiger partial charge in [0.15, 0.2) is 5.69 Å². The molecular formula is C20H23N3O3. The first kappa shape index (κ1) is 16.8. The van der Waals surface area contributed by atoms with Crippen molar-refractivity contribution in [3.05, 3.63) is 52.3 Å². The number of hydrogen-bond acceptors (Lipinski definition) is 3. The third-order valence-corrected chi connectivity index (χ3v) is 5.77. The lowest BCUT2D eigenvalue weighted by Gasteiger charge is -2.18. The highest BCUT2D eigenvalue weighted by atomic mass is 16.4. The molecule has 2 aromatic rings. The zero-order valence-electron chi connectivity index (χ0n) is 14.9. The Morgan fingerprint density at radius 1 is 1.19 bits per heavy atom. The van der Waals surface area contributed by atoms with Gasteiger partial charge in [0.05, 0.1) is 5.92 Å². The maximum absolute atomic E-state index is 13.1. The fraction of sp³-hybridized carbons (Fsp3) is 0.450. The van der Waals surface area contributed by atoms with Crippen molar-refractivity contribution in [3.63, 3.8) is 0 Å². The summed E-state index contributed by atoms with van der Waals surface area (Å²) in [5, 5.41) is 17.0. The minimum Gasteiger partial charge on any atom is -0.481 e. The van der Waals surface area contributed by atoms with Gasteiger partial charge in [0.25, 0.3) is 5.91 Å². The summed E-state index contributed by atoms with van der Waals surface area (Å²) < 4.78 is 0. The van der Waals surface area contributed by atoms with Gasteiger partial charge in [0.2, 0.25) is 0 Å². The number of aromatic amines is 1. The molecule has 6 nitrogen and oxygen atoms in total. The van der Waals surface area contributed by atoms with Crippen LogP contribution in [0.25, 0.3) is 0 Å². The number of carboxylic acid groups (broad SMARTS) is 1. The van der Waals surface area contributed by atoms with Crippen molar-refractivity contribution in [2.45, 2.75) is 38.5 Å². The first-order valence-electron chi connectivity index (χ1n) is 9.20. The fourth-order valence-electron chi connectivity index (χ4n) is 4.35. The van der Waals surface area contributed by atoms with Crippen LogP contribution in [0.3, 0.4) is 0 Å². The Bertz CT molecular complexity index is 858. The Hall–Kier alpha value is -2.63. The molecule has 1 saturated heterocycles. The predicted molar refractivity (Wildman–Crippen MR) is 96.2 cm³/mol. The number of hydrogen-bond donors (Lipinski definition) is 2. The SMILES string of the molecule is Cc1ccccc1[C@@H]1CN(C(=O)c2n[nH]c3c2CCCC3)C[C@H]1C(=O)O. The molecule has 1 aliphatic heterocycles. The quantitative estimate of drug-likeness (QED) is 0.888. The number of H-pyrrole nitrogens is 1. The molecular weight excluding hydrogens is 330 g/mol. The number of fused-ring (bicyclic) bond motifs is 1. The molecule has 1 amide bonds. The lowest BCUT2D eigenvalue weighted by Crippen LogP contribution is -2.31. The summed E-state index contributed by atoms with van der Waals surface area (Å²) in [5.41, 5.74) is 4.64. The van der Waals surface area contributed by atoms with E-state index in [0.717, 1.165) is 48.1 Å². The van der Waals surface area contributed by atoms with Crippen molar-refractivity contribution in [2.24, 2.45) is 5.92 Å². The van der Waals surface area contributed by atoms with Gasteiger partial charge in [-0.25, -0.2) is 0 Å². The molecule has 2 N–H and O–H groups in total. The molecule has 1 aliphatic carbocycles. The van der Waals surface area contributed by atoms with Crippen molar-refractivity contribution in [2.75, 3.05) is 13.1 Å². The van der Waals surface area contributed by atoms with E-state index in [4.69, 9.17) is 0 Å². The first-order chi connectivity index (χ1) is 12.6. The van der Waals surface area contributed by atoms with E-state index in [0.29, 0.717) is 12.2 Å². The highest BCUT2D eigenvalue weighted by molar-refractivity contribution is 5.95. The number of aliphatic carboxylic acids is 1. The topological polar surface area (TPSA) is 86.3 Å². The van der Waals surface area contributed by atoms with Crippen LogP contribution in [0.5, 0.6) is 0 Å². The van der Waals surface area contributed by atoms with E-state index in [1.165, 1.54) is 0 Å². The zero-order chi connectivity index (χ0) is 18.3. The number of carbonyl (C=O) groups excluding carboxylic acids is 1. The molecule has 0 spiro atoms.